The number of piperidine rings is 1. The predicted molar refractivity (Wildman–Crippen MR) is 123 cm³/mol. The SMILES string of the molecule is O=C(Nc1ccc2c(c1)OCCO2)C1CCN(c2ccc(-c3ccc(Cl)cc3)nn2)CC1. The van der Waals surface area contributed by atoms with Gasteiger partial charge in [0.05, 0.1) is 5.69 Å². The second-order valence-corrected chi connectivity index (χ2v) is 8.33. The highest BCUT2D eigenvalue weighted by Gasteiger charge is 2.26. The Labute approximate surface area is 191 Å². The van der Waals surface area contributed by atoms with Crippen LogP contribution in [0.5, 0.6) is 11.5 Å². The monoisotopic (exact) mass is 450 g/mol. The standard InChI is InChI=1S/C24H23ClN4O3/c25-18-3-1-16(2-4-18)20-6-8-23(28-27-20)29-11-9-17(10-12-29)24(30)26-19-5-7-21-22(15-19)32-14-13-31-21/h1-8,15,17H,9-14H2,(H,26,30). The molecule has 0 atom stereocenters. The van der Waals surface area contributed by atoms with Crippen molar-refractivity contribution in [3.8, 4) is 22.8 Å². The highest BCUT2D eigenvalue weighted by atomic mass is 35.5. The lowest BCUT2D eigenvalue weighted by Crippen LogP contribution is -2.38. The number of rotatable bonds is 4. The minimum Gasteiger partial charge on any atom is -0.486 e. The van der Waals surface area contributed by atoms with Gasteiger partial charge in [-0.15, -0.1) is 10.2 Å². The summed E-state index contributed by atoms with van der Waals surface area (Å²) in [6.45, 7) is 2.58. The van der Waals surface area contributed by atoms with Crippen molar-refractivity contribution in [2.45, 2.75) is 12.8 Å². The van der Waals surface area contributed by atoms with Crippen molar-refractivity contribution >= 4 is 29.0 Å². The molecule has 0 radical (unpaired) electrons. The van der Waals surface area contributed by atoms with Gasteiger partial charge >= 0.3 is 0 Å². The van der Waals surface area contributed by atoms with Gasteiger partial charge in [-0.25, -0.2) is 0 Å². The molecule has 0 spiro atoms. The van der Waals surface area contributed by atoms with E-state index in [1.54, 1.807) is 0 Å². The van der Waals surface area contributed by atoms with Crippen LogP contribution in [0.3, 0.4) is 0 Å². The Morgan fingerprint density at radius 3 is 2.41 bits per heavy atom. The van der Waals surface area contributed by atoms with E-state index in [-0.39, 0.29) is 11.8 Å². The van der Waals surface area contributed by atoms with E-state index in [9.17, 15) is 4.79 Å². The lowest BCUT2D eigenvalue weighted by atomic mass is 9.95. The number of hydrogen-bond acceptors (Lipinski definition) is 6. The third-order valence-electron chi connectivity index (χ3n) is 5.79. The lowest BCUT2D eigenvalue weighted by Gasteiger charge is -2.31. The van der Waals surface area contributed by atoms with Crippen molar-refractivity contribution in [2.24, 2.45) is 5.92 Å². The average molecular weight is 451 g/mol. The molecular formula is C24H23ClN4O3. The summed E-state index contributed by atoms with van der Waals surface area (Å²) in [4.78, 5) is 14.9. The number of halogens is 1. The fourth-order valence-corrected chi connectivity index (χ4v) is 4.13. The van der Waals surface area contributed by atoms with Gasteiger partial charge in [0.2, 0.25) is 5.91 Å². The highest BCUT2D eigenvalue weighted by Crippen LogP contribution is 2.33. The van der Waals surface area contributed by atoms with Crippen LogP contribution in [-0.4, -0.2) is 42.4 Å². The molecule has 32 heavy (non-hydrogen) atoms. The zero-order valence-electron chi connectivity index (χ0n) is 17.5. The number of nitrogens with one attached hydrogen (secondary N) is 1. The van der Waals surface area contributed by atoms with Gasteiger partial charge in [0.25, 0.3) is 0 Å². The van der Waals surface area contributed by atoms with Gasteiger partial charge in [-0.3, -0.25) is 4.79 Å². The third kappa shape index (κ3) is 4.48. The molecule has 0 bridgehead atoms. The van der Waals surface area contributed by atoms with E-state index in [2.05, 4.69) is 20.4 Å². The number of benzene rings is 2. The molecule has 5 rings (SSSR count). The van der Waals surface area contributed by atoms with Gasteiger partial charge in [-0.05, 0) is 49.2 Å². The van der Waals surface area contributed by atoms with Crippen LogP contribution in [-0.2, 0) is 4.79 Å². The number of hydrogen-bond donors (Lipinski definition) is 1. The molecule has 2 aliphatic heterocycles. The Morgan fingerprint density at radius 1 is 0.938 bits per heavy atom. The van der Waals surface area contributed by atoms with Crippen LogP contribution in [0.25, 0.3) is 11.3 Å². The minimum absolute atomic E-state index is 0.0329. The number of anilines is 2. The minimum atomic E-state index is -0.0410. The summed E-state index contributed by atoms with van der Waals surface area (Å²) in [5.74, 6) is 2.20. The molecule has 1 saturated heterocycles. The molecule has 0 aliphatic carbocycles. The van der Waals surface area contributed by atoms with E-state index in [4.69, 9.17) is 21.1 Å². The van der Waals surface area contributed by atoms with E-state index in [1.807, 2.05) is 54.6 Å². The second-order valence-electron chi connectivity index (χ2n) is 7.89. The van der Waals surface area contributed by atoms with E-state index >= 15 is 0 Å². The lowest BCUT2D eigenvalue weighted by molar-refractivity contribution is -0.120. The molecule has 0 saturated carbocycles. The van der Waals surface area contributed by atoms with Crippen LogP contribution in [0.1, 0.15) is 12.8 Å². The van der Waals surface area contributed by atoms with Gasteiger partial charge in [0, 0.05) is 41.3 Å². The van der Waals surface area contributed by atoms with Crippen LogP contribution in [0.4, 0.5) is 11.5 Å². The molecule has 1 amide bonds. The molecule has 1 aromatic heterocycles. The number of ether oxygens (including phenoxy) is 2. The van der Waals surface area contributed by atoms with Crippen LogP contribution >= 0.6 is 11.6 Å². The maximum Gasteiger partial charge on any atom is 0.227 e. The first-order valence-electron chi connectivity index (χ1n) is 10.7. The van der Waals surface area contributed by atoms with Crippen molar-refractivity contribution in [3.63, 3.8) is 0 Å². The average Bonchev–Trinajstić information content (AvgIpc) is 2.85. The summed E-state index contributed by atoms with van der Waals surface area (Å²) in [6.07, 6.45) is 1.52. The van der Waals surface area contributed by atoms with Gasteiger partial charge in [-0.1, -0.05) is 23.7 Å². The number of nitrogens with zero attached hydrogens (tertiary/aromatic N) is 3. The van der Waals surface area contributed by atoms with Gasteiger partial charge in [0.1, 0.15) is 13.2 Å². The Bertz CT molecular complexity index is 1100. The first kappa shape index (κ1) is 20.6. The quantitative estimate of drug-likeness (QED) is 0.634. The molecule has 2 aromatic carbocycles. The van der Waals surface area contributed by atoms with E-state index in [0.717, 1.165) is 48.7 Å². The van der Waals surface area contributed by atoms with Crippen molar-refractivity contribution < 1.29 is 14.3 Å². The molecule has 1 fully saturated rings. The molecule has 2 aliphatic rings. The molecule has 1 N–H and O–H groups in total. The Morgan fingerprint density at radius 2 is 1.69 bits per heavy atom. The van der Waals surface area contributed by atoms with E-state index in [1.165, 1.54) is 0 Å². The maximum absolute atomic E-state index is 12.8. The summed E-state index contributed by atoms with van der Waals surface area (Å²) in [7, 11) is 0. The third-order valence-corrected chi connectivity index (χ3v) is 6.04. The van der Waals surface area contributed by atoms with Crippen LogP contribution in [0.2, 0.25) is 5.02 Å². The first-order chi connectivity index (χ1) is 15.7. The zero-order chi connectivity index (χ0) is 21.9. The second kappa shape index (κ2) is 9.04. The molecule has 8 heteroatoms. The predicted octanol–water partition coefficient (Wildman–Crippen LogP) is 4.42. The van der Waals surface area contributed by atoms with Crippen LogP contribution < -0.4 is 19.7 Å². The smallest absolute Gasteiger partial charge is 0.227 e. The molecule has 3 heterocycles. The maximum atomic E-state index is 12.8. The number of aromatic nitrogens is 2. The van der Waals surface area contributed by atoms with Crippen molar-refractivity contribution in [3.05, 3.63) is 59.6 Å². The first-order valence-corrected chi connectivity index (χ1v) is 11.1. The van der Waals surface area contributed by atoms with E-state index in [0.29, 0.717) is 29.7 Å². The van der Waals surface area contributed by atoms with Crippen molar-refractivity contribution in [1.82, 2.24) is 10.2 Å². The molecule has 164 valence electrons. The largest absolute Gasteiger partial charge is 0.486 e. The highest BCUT2D eigenvalue weighted by molar-refractivity contribution is 6.30. The summed E-state index contributed by atoms with van der Waals surface area (Å²) >= 11 is 5.95. The summed E-state index contributed by atoms with van der Waals surface area (Å²) in [6, 6.07) is 17.0. The summed E-state index contributed by atoms with van der Waals surface area (Å²) in [5.41, 5.74) is 2.51. The Kier molecular flexibility index (Phi) is 5.81. The molecule has 3 aromatic rings. The fraction of sp³-hybridized carbons (Fsp3) is 0.292. The Hall–Kier alpha value is -3.32. The summed E-state index contributed by atoms with van der Waals surface area (Å²) < 4.78 is 11.1. The normalized spacial score (nSPS) is 16.0. The van der Waals surface area contributed by atoms with Gasteiger partial charge < -0.3 is 19.7 Å². The van der Waals surface area contributed by atoms with Crippen molar-refractivity contribution in [2.75, 3.05) is 36.5 Å². The summed E-state index contributed by atoms with van der Waals surface area (Å²) in [5, 5.41) is 12.5. The number of carbonyl (C=O) groups excluding carboxylic acids is 1. The number of fused-ring (bicyclic) bond motifs is 1. The van der Waals surface area contributed by atoms with E-state index < -0.39 is 0 Å². The number of amides is 1. The Balaban J connectivity index is 1.17. The molecule has 0 unspecified atom stereocenters. The molecule has 7 nitrogen and oxygen atoms in total. The van der Waals surface area contributed by atoms with Crippen LogP contribution in [0.15, 0.2) is 54.6 Å². The van der Waals surface area contributed by atoms with Crippen LogP contribution in [0, 0.1) is 5.92 Å². The molecular weight excluding hydrogens is 428 g/mol. The zero-order valence-corrected chi connectivity index (χ0v) is 18.2. The van der Waals surface area contributed by atoms with Gasteiger partial charge in [0.15, 0.2) is 17.3 Å². The van der Waals surface area contributed by atoms with Crippen molar-refractivity contribution in [1.29, 1.82) is 0 Å². The number of carbonyl (C=O) groups is 1. The fourth-order valence-electron chi connectivity index (χ4n) is 4.00. The topological polar surface area (TPSA) is 76.6 Å². The van der Waals surface area contributed by atoms with Gasteiger partial charge in [-0.2, -0.15) is 0 Å².